The highest BCUT2D eigenvalue weighted by molar-refractivity contribution is 5.85. The zero-order valence-corrected chi connectivity index (χ0v) is 5.30. The van der Waals surface area contributed by atoms with Gasteiger partial charge in [0.15, 0.2) is 6.17 Å². The van der Waals surface area contributed by atoms with Crippen LogP contribution in [0.4, 0.5) is 13.2 Å². The first-order valence-corrected chi connectivity index (χ1v) is 2.04. The standard InChI is InChI=1S/C3H7F3N2.ClH/c4-2(1-8-7)3(5)6;/h2-3,8H,1,7H2;1H. The molecule has 0 aromatic rings. The molecule has 0 saturated carbocycles. The van der Waals surface area contributed by atoms with Gasteiger partial charge in [-0.2, -0.15) is 0 Å². The van der Waals surface area contributed by atoms with Gasteiger partial charge in [0.1, 0.15) is 0 Å². The lowest BCUT2D eigenvalue weighted by molar-refractivity contribution is 0.0503. The van der Waals surface area contributed by atoms with Crippen molar-refractivity contribution in [2.45, 2.75) is 12.6 Å². The van der Waals surface area contributed by atoms with Crippen LogP contribution in [0, 0.1) is 0 Å². The van der Waals surface area contributed by atoms with Crippen LogP contribution in [0.2, 0.25) is 0 Å². The van der Waals surface area contributed by atoms with Gasteiger partial charge < -0.3 is 0 Å². The topological polar surface area (TPSA) is 38.0 Å². The zero-order chi connectivity index (χ0) is 6.57. The molecule has 2 nitrogen and oxygen atoms in total. The molecule has 0 radical (unpaired) electrons. The first kappa shape index (κ1) is 11.8. The Bertz CT molecular complexity index is 63.0. The molecule has 0 aliphatic heterocycles. The molecule has 0 fully saturated rings. The van der Waals surface area contributed by atoms with Crippen LogP contribution >= 0.6 is 12.4 Å². The molecule has 0 amide bonds. The molecule has 1 unspecified atom stereocenters. The second-order valence-electron chi connectivity index (χ2n) is 1.26. The van der Waals surface area contributed by atoms with Gasteiger partial charge in [-0.15, -0.1) is 12.4 Å². The van der Waals surface area contributed by atoms with Gasteiger partial charge in [0, 0.05) is 6.54 Å². The Balaban J connectivity index is 0. The van der Waals surface area contributed by atoms with Gasteiger partial charge in [0.2, 0.25) is 0 Å². The predicted octanol–water partition coefficient (Wildman–Crippen LogP) is 0.475. The SMILES string of the molecule is Cl.NNCC(F)C(F)F. The summed E-state index contributed by atoms with van der Waals surface area (Å²) in [7, 11) is 0. The van der Waals surface area contributed by atoms with E-state index in [2.05, 4.69) is 5.84 Å². The summed E-state index contributed by atoms with van der Waals surface area (Å²) in [6, 6.07) is 0. The van der Waals surface area contributed by atoms with Crippen LogP contribution in [0.5, 0.6) is 0 Å². The van der Waals surface area contributed by atoms with E-state index in [4.69, 9.17) is 0 Å². The average Bonchev–Trinajstić information content (AvgIpc) is 1.67. The molecule has 0 heterocycles. The summed E-state index contributed by atoms with van der Waals surface area (Å²) in [5, 5.41) is 0. The Kier molecular flexibility index (Phi) is 8.00. The van der Waals surface area contributed by atoms with Gasteiger partial charge in [-0.3, -0.25) is 11.3 Å². The van der Waals surface area contributed by atoms with E-state index in [0.29, 0.717) is 0 Å². The van der Waals surface area contributed by atoms with Crippen molar-refractivity contribution < 1.29 is 13.2 Å². The van der Waals surface area contributed by atoms with Gasteiger partial charge >= 0.3 is 0 Å². The average molecular weight is 165 g/mol. The molecule has 0 aromatic heterocycles. The van der Waals surface area contributed by atoms with Crippen LogP contribution in [0.25, 0.3) is 0 Å². The molecule has 58 valence electrons. The lowest BCUT2D eigenvalue weighted by Gasteiger charge is -2.03. The van der Waals surface area contributed by atoms with Crippen molar-refractivity contribution in [1.29, 1.82) is 0 Å². The molecular weight excluding hydrogens is 156 g/mol. The van der Waals surface area contributed by atoms with Crippen LogP contribution in [-0.2, 0) is 0 Å². The molecule has 0 saturated heterocycles. The fourth-order valence-electron chi connectivity index (χ4n) is 0.202. The molecule has 3 N–H and O–H groups in total. The fraction of sp³-hybridized carbons (Fsp3) is 1.00. The van der Waals surface area contributed by atoms with E-state index in [9.17, 15) is 13.2 Å². The van der Waals surface area contributed by atoms with Crippen molar-refractivity contribution in [3.8, 4) is 0 Å². The van der Waals surface area contributed by atoms with Crippen molar-refractivity contribution in [2.75, 3.05) is 6.54 Å². The highest BCUT2D eigenvalue weighted by Crippen LogP contribution is 2.02. The minimum atomic E-state index is -2.94. The Hall–Kier alpha value is -0.0000000000000000555. The lowest BCUT2D eigenvalue weighted by atomic mass is 10.4. The Morgan fingerprint density at radius 3 is 1.89 bits per heavy atom. The van der Waals surface area contributed by atoms with Crippen LogP contribution in [0.3, 0.4) is 0 Å². The molecule has 0 bridgehead atoms. The van der Waals surface area contributed by atoms with E-state index in [-0.39, 0.29) is 12.4 Å². The number of hydrazine groups is 1. The summed E-state index contributed by atoms with van der Waals surface area (Å²) in [4.78, 5) is 0. The Morgan fingerprint density at radius 1 is 1.33 bits per heavy atom. The number of alkyl halides is 3. The lowest BCUT2D eigenvalue weighted by Crippen LogP contribution is -2.33. The molecule has 6 heteroatoms. The van der Waals surface area contributed by atoms with E-state index >= 15 is 0 Å². The van der Waals surface area contributed by atoms with Crippen LogP contribution in [0.15, 0.2) is 0 Å². The van der Waals surface area contributed by atoms with Crippen LogP contribution < -0.4 is 11.3 Å². The normalized spacial score (nSPS) is 13.0. The van der Waals surface area contributed by atoms with Crippen molar-refractivity contribution in [1.82, 2.24) is 5.43 Å². The maximum atomic E-state index is 11.6. The summed E-state index contributed by atoms with van der Waals surface area (Å²) >= 11 is 0. The van der Waals surface area contributed by atoms with Gasteiger partial charge in [-0.25, -0.2) is 13.2 Å². The van der Waals surface area contributed by atoms with Crippen molar-refractivity contribution in [2.24, 2.45) is 5.84 Å². The third-order valence-corrected chi connectivity index (χ3v) is 0.586. The first-order valence-electron chi connectivity index (χ1n) is 2.04. The summed E-state index contributed by atoms with van der Waals surface area (Å²) in [5.41, 5.74) is 1.79. The minimum Gasteiger partial charge on any atom is -0.271 e. The molecule has 0 spiro atoms. The number of rotatable bonds is 3. The number of nitrogens with two attached hydrogens (primary N) is 1. The molecular formula is C3H8ClF3N2. The number of hydrogen-bond donors (Lipinski definition) is 2. The third kappa shape index (κ3) is 5.88. The van der Waals surface area contributed by atoms with Gasteiger partial charge in [-0.05, 0) is 0 Å². The van der Waals surface area contributed by atoms with E-state index in [1.165, 1.54) is 0 Å². The number of nitrogens with one attached hydrogen (secondary N) is 1. The number of halogens is 4. The van der Waals surface area contributed by atoms with Gasteiger partial charge in [0.05, 0.1) is 0 Å². The quantitative estimate of drug-likeness (QED) is 0.470. The highest BCUT2D eigenvalue weighted by atomic mass is 35.5. The predicted molar refractivity (Wildman–Crippen MR) is 30.3 cm³/mol. The second-order valence-corrected chi connectivity index (χ2v) is 1.26. The van der Waals surface area contributed by atoms with E-state index in [0.717, 1.165) is 0 Å². The number of hydrogen-bond acceptors (Lipinski definition) is 2. The zero-order valence-electron chi connectivity index (χ0n) is 4.48. The fourth-order valence-corrected chi connectivity index (χ4v) is 0.202. The molecule has 0 aliphatic rings. The summed E-state index contributed by atoms with van der Waals surface area (Å²) in [6.45, 7) is -0.502. The van der Waals surface area contributed by atoms with E-state index in [1.807, 2.05) is 0 Å². The largest absolute Gasteiger partial charge is 0.271 e. The molecule has 0 aromatic carbocycles. The molecule has 0 rings (SSSR count). The third-order valence-electron chi connectivity index (χ3n) is 0.586. The Labute approximate surface area is 57.0 Å². The van der Waals surface area contributed by atoms with E-state index < -0.39 is 19.1 Å². The maximum absolute atomic E-state index is 11.6. The monoisotopic (exact) mass is 164 g/mol. The Morgan fingerprint density at radius 2 is 1.78 bits per heavy atom. The second kappa shape index (κ2) is 6.12. The maximum Gasteiger partial charge on any atom is 0.270 e. The summed E-state index contributed by atoms with van der Waals surface area (Å²) < 4.78 is 33.9. The van der Waals surface area contributed by atoms with E-state index in [1.54, 1.807) is 5.43 Å². The van der Waals surface area contributed by atoms with Crippen molar-refractivity contribution >= 4 is 12.4 Å². The summed E-state index contributed by atoms with van der Waals surface area (Å²) in [6.07, 6.45) is -5.09. The molecule has 1 atom stereocenters. The van der Waals surface area contributed by atoms with Gasteiger partial charge in [0.25, 0.3) is 6.43 Å². The van der Waals surface area contributed by atoms with Gasteiger partial charge in [-0.1, -0.05) is 0 Å². The smallest absolute Gasteiger partial charge is 0.270 e. The molecule has 9 heavy (non-hydrogen) atoms. The first-order chi connectivity index (χ1) is 3.68. The van der Waals surface area contributed by atoms with Crippen LogP contribution in [-0.4, -0.2) is 19.1 Å². The van der Waals surface area contributed by atoms with Crippen molar-refractivity contribution in [3.05, 3.63) is 0 Å². The van der Waals surface area contributed by atoms with Crippen LogP contribution in [0.1, 0.15) is 0 Å². The highest BCUT2D eigenvalue weighted by Gasteiger charge is 2.17. The summed E-state index contributed by atoms with van der Waals surface area (Å²) in [5.74, 6) is 4.54. The molecule has 0 aliphatic carbocycles. The van der Waals surface area contributed by atoms with Crippen molar-refractivity contribution in [3.63, 3.8) is 0 Å². The minimum absolute atomic E-state index is 0.